The molecule has 28 heavy (non-hydrogen) atoms. The summed E-state index contributed by atoms with van der Waals surface area (Å²) in [4.78, 5) is 12.5. The van der Waals surface area contributed by atoms with E-state index in [1.54, 1.807) is 18.2 Å². The summed E-state index contributed by atoms with van der Waals surface area (Å²) in [6.45, 7) is 1.36. The number of amides is 1. The first-order chi connectivity index (χ1) is 13.5. The molecule has 1 aliphatic rings. The molecule has 0 aromatic heterocycles. The van der Waals surface area contributed by atoms with E-state index < -0.39 is 0 Å². The van der Waals surface area contributed by atoms with Crippen LogP contribution in [0.4, 0.5) is 5.69 Å². The van der Waals surface area contributed by atoms with Gasteiger partial charge in [-0.1, -0.05) is 15.9 Å². The molecule has 8 heteroatoms. The number of methoxy groups -OCH3 is 1. The fourth-order valence-electron chi connectivity index (χ4n) is 2.79. The maximum atomic E-state index is 12.5. The zero-order valence-corrected chi connectivity index (χ0v) is 17.8. The molecule has 2 aromatic carbocycles. The molecule has 1 saturated heterocycles. The summed E-state index contributed by atoms with van der Waals surface area (Å²) in [5.41, 5.74) is 1.13. The van der Waals surface area contributed by atoms with Gasteiger partial charge in [0, 0.05) is 16.8 Å². The van der Waals surface area contributed by atoms with Crippen LogP contribution in [0, 0.1) is 0 Å². The summed E-state index contributed by atoms with van der Waals surface area (Å²) in [6.07, 6.45) is 2.30. The van der Waals surface area contributed by atoms with E-state index in [-0.39, 0.29) is 17.1 Å². The lowest BCUT2D eigenvalue weighted by molar-refractivity contribution is 0.0679. The molecule has 1 atom stereocenters. The Bertz CT molecular complexity index is 839. The van der Waals surface area contributed by atoms with Crippen molar-refractivity contribution in [2.75, 3.05) is 25.6 Å². The molecule has 6 nitrogen and oxygen atoms in total. The van der Waals surface area contributed by atoms with E-state index in [0.29, 0.717) is 17.9 Å². The van der Waals surface area contributed by atoms with Crippen LogP contribution in [0.5, 0.6) is 11.5 Å². The molecular formula is C20H21BrN2O4S. The first-order valence-corrected chi connectivity index (χ1v) is 10.1. The highest BCUT2D eigenvalue weighted by molar-refractivity contribution is 9.10. The lowest BCUT2D eigenvalue weighted by atomic mass is 10.2. The number of carbonyl (C=O) groups is 1. The fraction of sp³-hybridized carbons (Fsp3) is 0.300. The van der Waals surface area contributed by atoms with Crippen molar-refractivity contribution in [3.8, 4) is 11.5 Å². The van der Waals surface area contributed by atoms with Gasteiger partial charge in [-0.2, -0.15) is 0 Å². The molecule has 3 rings (SSSR count). The third kappa shape index (κ3) is 5.67. The molecule has 0 aliphatic carbocycles. The van der Waals surface area contributed by atoms with Gasteiger partial charge < -0.3 is 19.5 Å². The predicted octanol–water partition coefficient (Wildman–Crippen LogP) is 4.14. The summed E-state index contributed by atoms with van der Waals surface area (Å²) < 4.78 is 17.3. The van der Waals surface area contributed by atoms with E-state index >= 15 is 0 Å². The van der Waals surface area contributed by atoms with Crippen LogP contribution < -0.4 is 20.1 Å². The third-order valence-electron chi connectivity index (χ3n) is 4.21. The number of hydrogen-bond donors (Lipinski definition) is 2. The van der Waals surface area contributed by atoms with Gasteiger partial charge in [0.2, 0.25) is 0 Å². The molecular weight excluding hydrogens is 444 g/mol. The number of halogens is 1. The molecule has 148 valence electrons. The molecule has 1 unspecified atom stereocenters. The number of thiocarbonyl (C=S) groups is 1. The van der Waals surface area contributed by atoms with Gasteiger partial charge in [-0.25, -0.2) is 0 Å². The predicted molar refractivity (Wildman–Crippen MR) is 115 cm³/mol. The topological polar surface area (TPSA) is 68.8 Å². The summed E-state index contributed by atoms with van der Waals surface area (Å²) in [5, 5.41) is 5.84. The summed E-state index contributed by atoms with van der Waals surface area (Å²) in [6, 6.07) is 12.6. The molecule has 1 aliphatic heterocycles. The van der Waals surface area contributed by atoms with Gasteiger partial charge in [-0.15, -0.1) is 0 Å². The van der Waals surface area contributed by atoms with Gasteiger partial charge in [0.15, 0.2) is 5.11 Å². The highest BCUT2D eigenvalue weighted by Gasteiger charge is 2.16. The molecule has 0 saturated carbocycles. The summed E-state index contributed by atoms with van der Waals surface area (Å²) in [5.74, 6) is 0.873. The van der Waals surface area contributed by atoms with Gasteiger partial charge in [-0.3, -0.25) is 10.1 Å². The van der Waals surface area contributed by atoms with E-state index in [2.05, 4.69) is 26.6 Å². The highest BCUT2D eigenvalue weighted by Crippen LogP contribution is 2.23. The monoisotopic (exact) mass is 464 g/mol. The van der Waals surface area contributed by atoms with E-state index in [1.807, 2.05) is 24.3 Å². The Morgan fingerprint density at radius 1 is 1.29 bits per heavy atom. The Hall–Kier alpha value is -2.16. The van der Waals surface area contributed by atoms with Crippen LogP contribution in [-0.4, -0.2) is 37.4 Å². The smallest absolute Gasteiger partial charge is 0.261 e. The second-order valence-electron chi connectivity index (χ2n) is 6.22. The number of hydrogen-bond acceptors (Lipinski definition) is 5. The van der Waals surface area contributed by atoms with Crippen LogP contribution in [0.3, 0.4) is 0 Å². The van der Waals surface area contributed by atoms with Crippen molar-refractivity contribution in [1.82, 2.24) is 5.32 Å². The highest BCUT2D eigenvalue weighted by atomic mass is 79.9. The van der Waals surface area contributed by atoms with Crippen molar-refractivity contribution < 1.29 is 19.0 Å². The van der Waals surface area contributed by atoms with Crippen molar-refractivity contribution in [2.24, 2.45) is 0 Å². The summed E-state index contributed by atoms with van der Waals surface area (Å²) in [7, 11) is 1.51. The Morgan fingerprint density at radius 3 is 2.75 bits per heavy atom. The van der Waals surface area contributed by atoms with Crippen LogP contribution >= 0.6 is 28.1 Å². The number of nitrogens with one attached hydrogen (secondary N) is 2. The average Bonchev–Trinajstić information content (AvgIpc) is 3.21. The zero-order valence-electron chi connectivity index (χ0n) is 15.4. The van der Waals surface area contributed by atoms with E-state index in [1.165, 1.54) is 7.11 Å². The number of benzene rings is 2. The molecule has 1 amide bonds. The van der Waals surface area contributed by atoms with Crippen LogP contribution in [0.1, 0.15) is 23.2 Å². The van der Waals surface area contributed by atoms with Crippen molar-refractivity contribution in [3.63, 3.8) is 0 Å². The maximum absolute atomic E-state index is 12.5. The lowest BCUT2D eigenvalue weighted by Gasteiger charge is -2.13. The number of ether oxygens (including phenoxy) is 3. The van der Waals surface area contributed by atoms with E-state index in [9.17, 15) is 4.79 Å². The van der Waals surface area contributed by atoms with E-state index in [0.717, 1.165) is 35.4 Å². The Labute approximate surface area is 177 Å². The molecule has 2 N–H and O–H groups in total. The fourth-order valence-corrected chi connectivity index (χ4v) is 3.36. The average molecular weight is 465 g/mol. The lowest BCUT2D eigenvalue weighted by Crippen LogP contribution is -2.34. The van der Waals surface area contributed by atoms with Gasteiger partial charge in [0.25, 0.3) is 5.91 Å². The van der Waals surface area contributed by atoms with Crippen LogP contribution in [0.25, 0.3) is 0 Å². The molecule has 0 radical (unpaired) electrons. The maximum Gasteiger partial charge on any atom is 0.261 e. The van der Waals surface area contributed by atoms with Crippen LogP contribution in [0.15, 0.2) is 46.9 Å². The summed E-state index contributed by atoms with van der Waals surface area (Å²) >= 11 is 8.59. The second-order valence-corrected chi connectivity index (χ2v) is 7.55. The first kappa shape index (κ1) is 20.6. The van der Waals surface area contributed by atoms with Crippen LogP contribution in [-0.2, 0) is 4.74 Å². The Balaban J connectivity index is 1.53. The zero-order chi connectivity index (χ0) is 19.9. The largest absolute Gasteiger partial charge is 0.496 e. The first-order valence-electron chi connectivity index (χ1n) is 8.85. The molecule has 1 fully saturated rings. The van der Waals surface area contributed by atoms with Gasteiger partial charge >= 0.3 is 0 Å². The number of carbonyl (C=O) groups excluding carboxylic acids is 1. The third-order valence-corrected chi connectivity index (χ3v) is 4.90. The molecule has 2 aromatic rings. The normalized spacial score (nSPS) is 15.7. The van der Waals surface area contributed by atoms with Crippen LogP contribution in [0.2, 0.25) is 0 Å². The van der Waals surface area contributed by atoms with Crippen molar-refractivity contribution in [2.45, 2.75) is 18.9 Å². The molecule has 1 heterocycles. The molecule has 0 bridgehead atoms. The Morgan fingerprint density at radius 2 is 2.07 bits per heavy atom. The van der Waals surface area contributed by atoms with Gasteiger partial charge in [0.1, 0.15) is 18.1 Å². The Kier molecular flexibility index (Phi) is 7.24. The quantitative estimate of drug-likeness (QED) is 0.626. The molecule has 0 spiro atoms. The minimum absolute atomic E-state index is 0.176. The standard InChI is InChI=1S/C20H21BrN2O4S/c1-25-18-9-4-13(21)11-17(18)19(24)23-20(28)22-14-5-7-15(8-6-14)27-12-16-3-2-10-26-16/h4-9,11,16H,2-3,10,12H2,1H3,(H2,22,23,24,28). The van der Waals surface area contributed by atoms with Gasteiger partial charge in [0.05, 0.1) is 18.8 Å². The number of anilines is 1. The van der Waals surface area contributed by atoms with Gasteiger partial charge in [-0.05, 0) is 67.5 Å². The second kappa shape index (κ2) is 9.86. The minimum atomic E-state index is -0.354. The van der Waals surface area contributed by atoms with Crippen molar-refractivity contribution in [3.05, 3.63) is 52.5 Å². The number of rotatable bonds is 6. The van der Waals surface area contributed by atoms with Crippen molar-refractivity contribution in [1.29, 1.82) is 0 Å². The minimum Gasteiger partial charge on any atom is -0.496 e. The SMILES string of the molecule is COc1ccc(Br)cc1C(=O)NC(=S)Nc1ccc(OCC2CCCO2)cc1. The van der Waals surface area contributed by atoms with Crippen molar-refractivity contribution >= 4 is 44.9 Å². The van der Waals surface area contributed by atoms with E-state index in [4.69, 9.17) is 26.4 Å².